The molecule has 45 heavy (non-hydrogen) atoms. The Labute approximate surface area is 264 Å². The molecule has 0 unspecified atom stereocenters. The molecule has 8 nitrogen and oxygen atoms in total. The third-order valence-electron chi connectivity index (χ3n) is 8.91. The van der Waals surface area contributed by atoms with Gasteiger partial charge in [0.25, 0.3) is 0 Å². The number of benzene rings is 2. The molecular formula is C37H39N3O5. The highest BCUT2D eigenvalue weighted by atomic mass is 16.5. The molecule has 3 aliphatic heterocycles. The van der Waals surface area contributed by atoms with Crippen molar-refractivity contribution in [2.75, 3.05) is 13.1 Å². The van der Waals surface area contributed by atoms with Crippen molar-refractivity contribution >= 4 is 17.8 Å². The summed E-state index contributed by atoms with van der Waals surface area (Å²) in [6.45, 7) is 1.35. The zero-order chi connectivity index (χ0) is 31.1. The van der Waals surface area contributed by atoms with Gasteiger partial charge in [-0.1, -0.05) is 72.8 Å². The predicted molar refractivity (Wildman–Crippen MR) is 170 cm³/mol. The van der Waals surface area contributed by atoms with E-state index in [-0.39, 0.29) is 43.3 Å². The number of rotatable bonds is 10. The van der Waals surface area contributed by atoms with Crippen LogP contribution in [0, 0.1) is 0 Å². The van der Waals surface area contributed by atoms with Gasteiger partial charge in [0.05, 0.1) is 36.5 Å². The summed E-state index contributed by atoms with van der Waals surface area (Å²) >= 11 is 0. The molecule has 3 aromatic rings. The molecule has 0 bridgehead atoms. The second-order valence-electron chi connectivity index (χ2n) is 12.0. The molecule has 6 rings (SSSR count). The molecular weight excluding hydrogens is 566 g/mol. The third-order valence-corrected chi connectivity index (χ3v) is 8.91. The van der Waals surface area contributed by atoms with E-state index in [0.29, 0.717) is 37.3 Å². The zero-order valence-electron chi connectivity index (χ0n) is 25.4. The molecule has 2 fully saturated rings. The van der Waals surface area contributed by atoms with Crippen molar-refractivity contribution < 1.29 is 23.9 Å². The highest BCUT2D eigenvalue weighted by Gasteiger charge is 2.46. The number of allylic oxidation sites excluding steroid dienone is 2. The molecule has 0 spiro atoms. The van der Waals surface area contributed by atoms with Crippen LogP contribution in [0.3, 0.4) is 0 Å². The van der Waals surface area contributed by atoms with Crippen molar-refractivity contribution in [3.63, 3.8) is 0 Å². The van der Waals surface area contributed by atoms with Crippen LogP contribution < -0.4 is 0 Å². The quantitative estimate of drug-likeness (QED) is 0.303. The van der Waals surface area contributed by atoms with E-state index in [9.17, 15) is 14.4 Å². The largest absolute Gasteiger partial charge is 0.488 e. The van der Waals surface area contributed by atoms with Crippen molar-refractivity contribution in [3.8, 4) is 0 Å². The lowest BCUT2D eigenvalue weighted by Crippen LogP contribution is -2.53. The number of ether oxygens (including phenoxy) is 2. The van der Waals surface area contributed by atoms with E-state index in [0.717, 1.165) is 30.4 Å². The van der Waals surface area contributed by atoms with E-state index in [1.54, 1.807) is 17.2 Å². The van der Waals surface area contributed by atoms with E-state index in [1.807, 2.05) is 77.7 Å². The summed E-state index contributed by atoms with van der Waals surface area (Å²) in [7, 11) is 0. The van der Waals surface area contributed by atoms with Crippen LogP contribution in [-0.2, 0) is 49.7 Å². The maximum atomic E-state index is 13.7. The van der Waals surface area contributed by atoms with Gasteiger partial charge in [0.2, 0.25) is 11.8 Å². The Morgan fingerprint density at radius 2 is 1.42 bits per heavy atom. The molecule has 232 valence electrons. The summed E-state index contributed by atoms with van der Waals surface area (Å²) in [6.07, 6.45) is 11.6. The van der Waals surface area contributed by atoms with Gasteiger partial charge in [-0.2, -0.15) is 0 Å². The lowest BCUT2D eigenvalue weighted by atomic mass is 9.84. The van der Waals surface area contributed by atoms with Crippen LogP contribution in [0.5, 0.6) is 0 Å². The maximum Gasteiger partial charge on any atom is 0.329 e. The summed E-state index contributed by atoms with van der Waals surface area (Å²) < 4.78 is 11.8. The van der Waals surface area contributed by atoms with Crippen LogP contribution in [-0.4, -0.2) is 63.3 Å². The number of hydrogen-bond donors (Lipinski definition) is 0. The van der Waals surface area contributed by atoms with Crippen molar-refractivity contribution in [1.82, 2.24) is 14.8 Å². The fraction of sp³-hybridized carbons (Fsp3) is 0.351. The molecule has 3 aliphatic rings. The molecule has 0 saturated carbocycles. The molecule has 8 heteroatoms. The van der Waals surface area contributed by atoms with Gasteiger partial charge in [-0.05, 0) is 61.1 Å². The number of hydrogen-bond acceptors (Lipinski definition) is 6. The minimum absolute atomic E-state index is 0.00626. The molecule has 3 atom stereocenters. The molecule has 2 amide bonds. The fourth-order valence-electron chi connectivity index (χ4n) is 6.74. The highest BCUT2D eigenvalue weighted by molar-refractivity contribution is 5.86. The highest BCUT2D eigenvalue weighted by Crippen LogP contribution is 2.36. The fourth-order valence-corrected chi connectivity index (χ4v) is 6.74. The average molecular weight is 606 g/mol. The van der Waals surface area contributed by atoms with Crippen molar-refractivity contribution in [2.45, 2.75) is 69.2 Å². The topological polar surface area (TPSA) is 89.0 Å². The van der Waals surface area contributed by atoms with Crippen LogP contribution >= 0.6 is 0 Å². The molecule has 1 aromatic heterocycles. The monoisotopic (exact) mass is 605 g/mol. The van der Waals surface area contributed by atoms with Crippen LogP contribution in [0.4, 0.5) is 0 Å². The predicted octanol–water partition coefficient (Wildman–Crippen LogP) is 4.97. The van der Waals surface area contributed by atoms with Gasteiger partial charge in [0.1, 0.15) is 12.6 Å². The third kappa shape index (κ3) is 7.17. The second-order valence-corrected chi connectivity index (χ2v) is 12.0. The normalized spacial score (nSPS) is 22.3. The molecule has 4 heterocycles. The Hall–Kier alpha value is -4.72. The first-order valence-electron chi connectivity index (χ1n) is 15.8. The van der Waals surface area contributed by atoms with Crippen LogP contribution in [0.2, 0.25) is 0 Å². The minimum atomic E-state index is -0.640. The summed E-state index contributed by atoms with van der Waals surface area (Å²) in [6, 6.07) is 24.5. The number of esters is 1. The van der Waals surface area contributed by atoms with Gasteiger partial charge in [0, 0.05) is 19.5 Å². The van der Waals surface area contributed by atoms with Gasteiger partial charge >= 0.3 is 5.97 Å². The van der Waals surface area contributed by atoms with Gasteiger partial charge < -0.3 is 19.3 Å². The van der Waals surface area contributed by atoms with Crippen LogP contribution in [0.15, 0.2) is 103 Å². The Kier molecular flexibility index (Phi) is 9.38. The second kappa shape index (κ2) is 13.9. The first-order chi connectivity index (χ1) is 22.0. The van der Waals surface area contributed by atoms with E-state index in [4.69, 9.17) is 14.5 Å². The lowest BCUT2D eigenvalue weighted by molar-refractivity contribution is -0.154. The SMILES string of the molecule is O=C(OCc1ccccc1)[C@H]1CCCN1C(=O)Cc1cccc(CC(=O)N2CCC[C@@H]2[C@@]2(Cc3ccccc3)C=CC=CO2)n1. The molecule has 0 radical (unpaired) electrons. The van der Waals surface area contributed by atoms with E-state index in [2.05, 4.69) is 18.2 Å². The Bertz CT molecular complexity index is 1560. The summed E-state index contributed by atoms with van der Waals surface area (Å²) in [5.41, 5.74) is 2.62. The van der Waals surface area contributed by atoms with Gasteiger partial charge in [-0.15, -0.1) is 0 Å². The number of aromatic nitrogens is 1. The lowest BCUT2D eigenvalue weighted by Gasteiger charge is -2.41. The van der Waals surface area contributed by atoms with Crippen molar-refractivity contribution in [3.05, 3.63) is 126 Å². The van der Waals surface area contributed by atoms with Crippen LogP contribution in [0.1, 0.15) is 48.2 Å². The van der Waals surface area contributed by atoms with Gasteiger partial charge in [-0.25, -0.2) is 4.79 Å². The first kappa shape index (κ1) is 30.3. The molecule has 2 aromatic carbocycles. The molecule has 0 N–H and O–H groups in total. The summed E-state index contributed by atoms with van der Waals surface area (Å²) in [5, 5.41) is 0. The smallest absolute Gasteiger partial charge is 0.329 e. The van der Waals surface area contributed by atoms with Crippen molar-refractivity contribution in [2.24, 2.45) is 0 Å². The number of carbonyl (C=O) groups excluding carboxylic acids is 3. The molecule has 2 saturated heterocycles. The number of likely N-dealkylation sites (tertiary alicyclic amines) is 2. The Balaban J connectivity index is 1.09. The van der Waals surface area contributed by atoms with E-state index >= 15 is 0 Å². The minimum Gasteiger partial charge on any atom is -0.488 e. The number of pyridine rings is 1. The number of nitrogens with zero attached hydrogens (tertiary/aromatic N) is 3. The standard InChI is InChI=1S/C37H39N3O5/c41-34(39-21-10-18-32(39)36(43)44-27-29-14-5-2-6-15-29)24-30-16-9-17-31(38-30)25-35(42)40-22-11-19-33(40)37(20-7-8-23-45-37)26-28-12-3-1-4-13-28/h1-9,12-17,20,23,32-33H,10-11,18-19,21-22,24-27H2/t32-,33-,37+/m1/s1. The zero-order valence-corrected chi connectivity index (χ0v) is 25.4. The first-order valence-corrected chi connectivity index (χ1v) is 15.8. The Morgan fingerprint density at radius 1 is 0.778 bits per heavy atom. The van der Waals surface area contributed by atoms with Crippen molar-refractivity contribution in [1.29, 1.82) is 0 Å². The van der Waals surface area contributed by atoms with E-state index < -0.39 is 11.6 Å². The van der Waals surface area contributed by atoms with E-state index in [1.165, 1.54) is 0 Å². The number of carbonyl (C=O) groups is 3. The Morgan fingerprint density at radius 3 is 2.11 bits per heavy atom. The molecule has 0 aliphatic carbocycles. The average Bonchev–Trinajstić information content (AvgIpc) is 3.77. The van der Waals surface area contributed by atoms with Gasteiger partial charge in [-0.3, -0.25) is 14.6 Å². The van der Waals surface area contributed by atoms with Crippen LogP contribution in [0.25, 0.3) is 0 Å². The van der Waals surface area contributed by atoms with Gasteiger partial charge in [0.15, 0.2) is 5.60 Å². The summed E-state index contributed by atoms with van der Waals surface area (Å²) in [5.74, 6) is -0.551. The maximum absolute atomic E-state index is 13.7. The number of amides is 2. The summed E-state index contributed by atoms with van der Waals surface area (Å²) in [4.78, 5) is 48.2.